The number of amides is 1. The number of nitrogens with zero attached hydrogens (tertiary/aromatic N) is 1. The Morgan fingerprint density at radius 1 is 1.24 bits per heavy atom. The molecule has 0 radical (unpaired) electrons. The van der Waals surface area contributed by atoms with Crippen LogP contribution in [0.2, 0.25) is 0 Å². The number of pyridine rings is 1. The normalized spacial score (nSPS) is 15.7. The molecule has 1 aliphatic rings. The van der Waals surface area contributed by atoms with Crippen LogP contribution in [0.5, 0.6) is 11.5 Å². The monoisotopic (exact) mass is 481 g/mol. The minimum atomic E-state index is -0.149. The summed E-state index contributed by atoms with van der Waals surface area (Å²) in [4.78, 5) is 19.3. The number of carbonyl (C=O) groups excluding carboxylic acids is 1. The molecule has 3 N–H and O–H groups in total. The highest BCUT2D eigenvalue weighted by Crippen LogP contribution is 2.42. The Kier molecular flexibility index (Phi) is 7.03. The highest BCUT2D eigenvalue weighted by molar-refractivity contribution is 7.21. The zero-order valence-corrected chi connectivity index (χ0v) is 21.6. The number of thiophene rings is 1. The largest absolute Gasteiger partial charge is 0.493 e. The number of rotatable bonds is 8. The fourth-order valence-electron chi connectivity index (χ4n) is 4.75. The molecule has 0 fully saturated rings. The van der Waals surface area contributed by atoms with Crippen LogP contribution in [-0.4, -0.2) is 31.7 Å². The fraction of sp³-hybridized carbons (Fsp3) is 0.481. The molecule has 7 heteroatoms. The summed E-state index contributed by atoms with van der Waals surface area (Å²) in [7, 11) is 3.23. The number of nitrogens with one attached hydrogen (secondary N) is 1. The molecule has 1 atom stereocenters. The average Bonchev–Trinajstić information content (AvgIpc) is 3.17. The van der Waals surface area contributed by atoms with E-state index in [4.69, 9.17) is 20.2 Å². The maximum absolute atomic E-state index is 12.9. The van der Waals surface area contributed by atoms with Gasteiger partial charge in [-0.25, -0.2) is 4.98 Å². The number of nitrogens with two attached hydrogens (primary N) is 1. The van der Waals surface area contributed by atoms with Crippen LogP contribution in [0, 0.1) is 11.3 Å². The number of hydrogen-bond donors (Lipinski definition) is 2. The topological polar surface area (TPSA) is 86.5 Å². The zero-order chi connectivity index (χ0) is 24.5. The number of anilines is 1. The van der Waals surface area contributed by atoms with Crippen molar-refractivity contribution in [1.82, 2.24) is 10.3 Å². The number of ether oxygens (including phenoxy) is 2. The minimum Gasteiger partial charge on any atom is -0.493 e. The lowest BCUT2D eigenvalue weighted by atomic mass is 9.69. The Morgan fingerprint density at radius 2 is 2.00 bits per heavy atom. The van der Waals surface area contributed by atoms with Crippen molar-refractivity contribution in [3.63, 3.8) is 0 Å². The second kappa shape index (κ2) is 9.82. The summed E-state index contributed by atoms with van der Waals surface area (Å²) in [6.45, 7) is 7.49. The van der Waals surface area contributed by atoms with E-state index in [1.807, 2.05) is 18.2 Å². The molecule has 6 nitrogen and oxygen atoms in total. The molecule has 182 valence electrons. The summed E-state index contributed by atoms with van der Waals surface area (Å²) in [5, 5.41) is 3.92. The molecule has 0 saturated heterocycles. The Morgan fingerprint density at radius 3 is 2.71 bits per heavy atom. The number of aromatic nitrogens is 1. The highest BCUT2D eigenvalue weighted by Gasteiger charge is 2.32. The van der Waals surface area contributed by atoms with Gasteiger partial charge in [-0.15, -0.1) is 11.3 Å². The Balaban J connectivity index is 1.47. The fourth-order valence-corrected chi connectivity index (χ4v) is 5.76. The first-order chi connectivity index (χ1) is 16.3. The van der Waals surface area contributed by atoms with Crippen molar-refractivity contribution in [1.29, 1.82) is 0 Å². The summed E-state index contributed by atoms with van der Waals surface area (Å²) in [6, 6.07) is 7.96. The SMILES string of the molecule is CCC(C)(C)[C@@H]1CCc2nc3sc(C(=O)NCCc4ccc(OC)c(OC)c4)c(N)c3cc2C1. The summed E-state index contributed by atoms with van der Waals surface area (Å²) in [5.74, 6) is 1.86. The lowest BCUT2D eigenvalue weighted by molar-refractivity contribution is 0.0959. The van der Waals surface area contributed by atoms with E-state index in [1.54, 1.807) is 14.2 Å². The van der Waals surface area contributed by atoms with Crippen LogP contribution in [-0.2, 0) is 19.3 Å². The molecule has 1 amide bonds. The smallest absolute Gasteiger partial charge is 0.263 e. The first-order valence-electron chi connectivity index (χ1n) is 12.0. The predicted molar refractivity (Wildman–Crippen MR) is 139 cm³/mol. The van der Waals surface area contributed by atoms with Gasteiger partial charge >= 0.3 is 0 Å². The third kappa shape index (κ3) is 4.71. The van der Waals surface area contributed by atoms with Crippen LogP contribution >= 0.6 is 11.3 Å². The van der Waals surface area contributed by atoms with Crippen LogP contribution in [0.3, 0.4) is 0 Å². The van der Waals surface area contributed by atoms with Crippen molar-refractivity contribution >= 4 is 33.1 Å². The third-order valence-electron chi connectivity index (χ3n) is 7.46. The number of nitrogen functional groups attached to an aromatic ring is 1. The molecule has 0 saturated carbocycles. The number of benzene rings is 1. The average molecular weight is 482 g/mol. The van der Waals surface area contributed by atoms with Gasteiger partial charge in [0.25, 0.3) is 5.91 Å². The van der Waals surface area contributed by atoms with Crippen LogP contribution in [0.25, 0.3) is 10.2 Å². The zero-order valence-electron chi connectivity index (χ0n) is 20.8. The first kappa shape index (κ1) is 24.3. The molecule has 1 aromatic carbocycles. The van der Waals surface area contributed by atoms with Crippen molar-refractivity contribution in [2.24, 2.45) is 11.3 Å². The molecule has 0 bridgehead atoms. The van der Waals surface area contributed by atoms with Crippen molar-refractivity contribution in [2.75, 3.05) is 26.5 Å². The molecule has 2 heterocycles. The van der Waals surface area contributed by atoms with Crippen molar-refractivity contribution < 1.29 is 14.3 Å². The lowest BCUT2D eigenvalue weighted by Gasteiger charge is -2.36. The maximum Gasteiger partial charge on any atom is 0.263 e. The molecule has 4 rings (SSSR count). The van der Waals surface area contributed by atoms with Crippen LogP contribution < -0.4 is 20.5 Å². The van der Waals surface area contributed by atoms with Gasteiger partial charge in [-0.05, 0) is 66.3 Å². The van der Waals surface area contributed by atoms with Crippen LogP contribution in [0.4, 0.5) is 5.69 Å². The van der Waals surface area contributed by atoms with Crippen molar-refractivity contribution in [3.8, 4) is 11.5 Å². The number of methoxy groups -OCH3 is 2. The van der Waals surface area contributed by atoms with Gasteiger partial charge in [0, 0.05) is 17.6 Å². The van der Waals surface area contributed by atoms with E-state index in [2.05, 4.69) is 32.2 Å². The molecule has 34 heavy (non-hydrogen) atoms. The van der Waals surface area contributed by atoms with Gasteiger partial charge in [0.2, 0.25) is 0 Å². The quantitative estimate of drug-likeness (QED) is 0.449. The van der Waals surface area contributed by atoms with Gasteiger partial charge < -0.3 is 20.5 Å². The van der Waals surface area contributed by atoms with Gasteiger partial charge in [0.15, 0.2) is 11.5 Å². The Hall–Kier alpha value is -2.80. The molecule has 0 unspecified atom stereocenters. The highest BCUT2D eigenvalue weighted by atomic mass is 32.1. The van der Waals surface area contributed by atoms with Crippen molar-refractivity contribution in [2.45, 2.75) is 52.9 Å². The second-order valence-electron chi connectivity index (χ2n) is 9.77. The number of fused-ring (bicyclic) bond motifs is 2. The molecule has 3 aromatic rings. The summed E-state index contributed by atoms with van der Waals surface area (Å²) in [6.07, 6.45) is 5.02. The summed E-state index contributed by atoms with van der Waals surface area (Å²) < 4.78 is 10.6. The minimum absolute atomic E-state index is 0.149. The Labute approximate surface area is 205 Å². The summed E-state index contributed by atoms with van der Waals surface area (Å²) >= 11 is 1.39. The van der Waals surface area contributed by atoms with Crippen molar-refractivity contribution in [3.05, 3.63) is 46.0 Å². The van der Waals surface area contributed by atoms with Crippen LogP contribution in [0.1, 0.15) is 60.1 Å². The van der Waals surface area contributed by atoms with E-state index in [0.29, 0.717) is 46.4 Å². The lowest BCUT2D eigenvalue weighted by Crippen LogP contribution is -2.29. The molecule has 1 aliphatic carbocycles. The number of aryl methyl sites for hydroxylation is 1. The van der Waals surface area contributed by atoms with E-state index in [-0.39, 0.29) is 5.91 Å². The second-order valence-corrected chi connectivity index (χ2v) is 10.8. The number of carbonyl (C=O) groups is 1. The van der Waals surface area contributed by atoms with Gasteiger partial charge in [-0.2, -0.15) is 0 Å². The molecular formula is C27H35N3O3S. The van der Waals surface area contributed by atoms with Gasteiger partial charge in [-0.1, -0.05) is 33.3 Å². The third-order valence-corrected chi connectivity index (χ3v) is 8.57. The van der Waals surface area contributed by atoms with E-state index in [1.165, 1.54) is 16.9 Å². The van der Waals surface area contributed by atoms with E-state index in [9.17, 15) is 4.79 Å². The number of hydrogen-bond acceptors (Lipinski definition) is 6. The van der Waals surface area contributed by atoms with E-state index < -0.39 is 0 Å². The van der Waals surface area contributed by atoms with Gasteiger partial charge in [0.1, 0.15) is 9.71 Å². The summed E-state index contributed by atoms with van der Waals surface area (Å²) in [5.41, 5.74) is 10.8. The molecule has 0 aliphatic heterocycles. The van der Waals surface area contributed by atoms with Gasteiger partial charge in [-0.3, -0.25) is 4.79 Å². The maximum atomic E-state index is 12.9. The Bertz CT molecular complexity index is 1200. The first-order valence-corrected chi connectivity index (χ1v) is 12.8. The molecular weight excluding hydrogens is 446 g/mol. The molecule has 0 spiro atoms. The van der Waals surface area contributed by atoms with Gasteiger partial charge in [0.05, 0.1) is 19.9 Å². The molecule has 2 aromatic heterocycles. The van der Waals surface area contributed by atoms with E-state index in [0.717, 1.165) is 47.2 Å². The van der Waals surface area contributed by atoms with E-state index >= 15 is 0 Å². The predicted octanol–water partition coefficient (Wildman–Crippen LogP) is 5.41. The van der Waals surface area contributed by atoms with Crippen LogP contribution in [0.15, 0.2) is 24.3 Å². The standard InChI is InChI=1S/C27H35N3O3S/c1-6-27(2,3)18-8-9-20-17(14-18)15-19-23(28)24(34-26(19)30-20)25(31)29-12-11-16-7-10-21(32-4)22(13-16)33-5/h7,10,13,15,18H,6,8-9,11-12,14,28H2,1-5H3,(H,29,31)/t18-/m1/s1.